The van der Waals surface area contributed by atoms with Gasteiger partial charge in [0.15, 0.2) is 0 Å². The van der Waals surface area contributed by atoms with Crippen LogP contribution >= 0.6 is 24.8 Å². The van der Waals surface area contributed by atoms with Crippen LogP contribution in [0.4, 0.5) is 0 Å². The van der Waals surface area contributed by atoms with Gasteiger partial charge in [0.25, 0.3) is 0 Å². The summed E-state index contributed by atoms with van der Waals surface area (Å²) in [6, 6.07) is 3.89. The molecule has 2 fully saturated rings. The molecule has 0 spiro atoms. The Morgan fingerprint density at radius 1 is 1.44 bits per heavy atom. The Hall–Kier alpha value is -0.390. The van der Waals surface area contributed by atoms with Crippen LogP contribution in [-0.4, -0.2) is 30.8 Å². The molecule has 0 radical (unpaired) electrons. The standard InChI is InChI=1S/C10H12N2O2.2ClH/c1-2-8(4-11-3-1)10-7-12-5-9(14-10)6-13-10;;/h1-4,9,12H,5-7H2;2*1H. The third kappa shape index (κ3) is 2.17. The molecule has 0 aliphatic carbocycles. The summed E-state index contributed by atoms with van der Waals surface area (Å²) < 4.78 is 11.6. The van der Waals surface area contributed by atoms with E-state index in [1.807, 2.05) is 12.1 Å². The minimum Gasteiger partial charge on any atom is -0.342 e. The van der Waals surface area contributed by atoms with Crippen molar-refractivity contribution in [2.45, 2.75) is 11.9 Å². The van der Waals surface area contributed by atoms with E-state index in [9.17, 15) is 0 Å². The first-order chi connectivity index (χ1) is 6.89. The van der Waals surface area contributed by atoms with Gasteiger partial charge in [-0.05, 0) is 6.07 Å². The second kappa shape index (κ2) is 5.29. The summed E-state index contributed by atoms with van der Waals surface area (Å²) in [7, 11) is 0. The van der Waals surface area contributed by atoms with E-state index in [-0.39, 0.29) is 30.9 Å². The number of hydrogen-bond acceptors (Lipinski definition) is 4. The van der Waals surface area contributed by atoms with E-state index in [0.717, 1.165) is 12.1 Å². The highest BCUT2D eigenvalue weighted by Gasteiger charge is 2.46. The predicted octanol–water partition coefficient (Wildman–Crippen LogP) is 1.10. The number of ether oxygens (including phenoxy) is 2. The number of pyridine rings is 1. The molecule has 2 bridgehead atoms. The Kier molecular flexibility index (Phi) is 4.52. The van der Waals surface area contributed by atoms with Crippen LogP contribution in [0.2, 0.25) is 0 Å². The summed E-state index contributed by atoms with van der Waals surface area (Å²) >= 11 is 0. The van der Waals surface area contributed by atoms with E-state index in [1.165, 1.54) is 0 Å². The van der Waals surface area contributed by atoms with Gasteiger partial charge in [0.05, 0.1) is 19.3 Å². The summed E-state index contributed by atoms with van der Waals surface area (Å²) in [4.78, 5) is 4.08. The summed E-state index contributed by atoms with van der Waals surface area (Å²) in [5.41, 5.74) is 0.995. The van der Waals surface area contributed by atoms with E-state index < -0.39 is 5.79 Å². The second-order valence-corrected chi connectivity index (χ2v) is 3.68. The topological polar surface area (TPSA) is 43.4 Å². The molecule has 90 valence electrons. The molecule has 3 heterocycles. The van der Waals surface area contributed by atoms with Gasteiger partial charge in [0, 0.05) is 24.5 Å². The number of halogens is 2. The van der Waals surface area contributed by atoms with Crippen molar-refractivity contribution < 1.29 is 9.47 Å². The van der Waals surface area contributed by atoms with Crippen LogP contribution in [0.1, 0.15) is 5.56 Å². The fourth-order valence-corrected chi connectivity index (χ4v) is 2.00. The first-order valence-corrected chi connectivity index (χ1v) is 4.82. The zero-order chi connectivity index (χ0) is 9.43. The van der Waals surface area contributed by atoms with E-state index in [2.05, 4.69) is 10.3 Å². The predicted molar refractivity (Wildman–Crippen MR) is 64.1 cm³/mol. The largest absolute Gasteiger partial charge is 0.342 e. The number of hydrogen-bond donors (Lipinski definition) is 1. The SMILES string of the molecule is Cl.Cl.c1cncc(C23CNCC(CO2)O3)c1. The first kappa shape index (κ1) is 13.7. The van der Waals surface area contributed by atoms with Gasteiger partial charge in [0.2, 0.25) is 5.79 Å². The quantitative estimate of drug-likeness (QED) is 0.825. The van der Waals surface area contributed by atoms with Crippen molar-refractivity contribution in [2.24, 2.45) is 0 Å². The van der Waals surface area contributed by atoms with Crippen LogP contribution in [-0.2, 0) is 15.3 Å². The summed E-state index contributed by atoms with van der Waals surface area (Å²) in [5.74, 6) is -0.586. The van der Waals surface area contributed by atoms with Crippen LogP contribution in [0.5, 0.6) is 0 Å². The zero-order valence-electron chi connectivity index (χ0n) is 8.59. The van der Waals surface area contributed by atoms with Crippen LogP contribution in [0.15, 0.2) is 24.5 Å². The van der Waals surface area contributed by atoms with Gasteiger partial charge in [0.1, 0.15) is 0 Å². The minimum atomic E-state index is -0.586. The Labute approximate surface area is 107 Å². The fraction of sp³-hybridized carbons (Fsp3) is 0.500. The number of morpholine rings is 1. The Morgan fingerprint density at radius 2 is 2.31 bits per heavy atom. The normalized spacial score (nSPS) is 31.4. The lowest BCUT2D eigenvalue weighted by Crippen LogP contribution is -2.46. The van der Waals surface area contributed by atoms with Crippen molar-refractivity contribution in [2.75, 3.05) is 19.7 Å². The lowest BCUT2D eigenvalue weighted by atomic mass is 10.1. The average molecular weight is 265 g/mol. The molecule has 6 heteroatoms. The molecule has 2 aliphatic rings. The van der Waals surface area contributed by atoms with E-state index >= 15 is 0 Å². The van der Waals surface area contributed by atoms with E-state index in [4.69, 9.17) is 9.47 Å². The van der Waals surface area contributed by atoms with Crippen molar-refractivity contribution in [1.29, 1.82) is 0 Å². The maximum atomic E-state index is 5.85. The molecule has 4 nitrogen and oxygen atoms in total. The van der Waals surface area contributed by atoms with Gasteiger partial charge < -0.3 is 14.8 Å². The molecular formula is C10H14Cl2N2O2. The minimum absolute atomic E-state index is 0. The molecule has 0 aromatic carbocycles. The maximum absolute atomic E-state index is 5.85. The number of nitrogens with one attached hydrogen (secondary N) is 1. The van der Waals surface area contributed by atoms with Gasteiger partial charge in [-0.1, -0.05) is 6.07 Å². The van der Waals surface area contributed by atoms with Crippen molar-refractivity contribution in [1.82, 2.24) is 10.3 Å². The molecule has 0 saturated carbocycles. The van der Waals surface area contributed by atoms with E-state index in [1.54, 1.807) is 12.4 Å². The second-order valence-electron chi connectivity index (χ2n) is 3.68. The van der Waals surface area contributed by atoms with Crippen molar-refractivity contribution in [3.63, 3.8) is 0 Å². The van der Waals surface area contributed by atoms with Crippen molar-refractivity contribution in [3.8, 4) is 0 Å². The van der Waals surface area contributed by atoms with Crippen LogP contribution < -0.4 is 5.32 Å². The molecule has 16 heavy (non-hydrogen) atoms. The number of rotatable bonds is 1. The van der Waals surface area contributed by atoms with Gasteiger partial charge in [-0.15, -0.1) is 24.8 Å². The highest BCUT2D eigenvalue weighted by Crippen LogP contribution is 2.35. The molecule has 1 N–H and O–H groups in total. The van der Waals surface area contributed by atoms with Crippen LogP contribution in [0.25, 0.3) is 0 Å². The number of aromatic nitrogens is 1. The lowest BCUT2D eigenvalue weighted by Gasteiger charge is -2.32. The first-order valence-electron chi connectivity index (χ1n) is 4.82. The van der Waals surface area contributed by atoms with Gasteiger partial charge >= 0.3 is 0 Å². The highest BCUT2D eigenvalue weighted by atomic mass is 35.5. The third-order valence-electron chi connectivity index (χ3n) is 2.69. The van der Waals surface area contributed by atoms with Gasteiger partial charge in [-0.25, -0.2) is 0 Å². The molecule has 2 aliphatic heterocycles. The molecule has 2 atom stereocenters. The zero-order valence-corrected chi connectivity index (χ0v) is 10.2. The molecule has 2 saturated heterocycles. The van der Waals surface area contributed by atoms with Crippen LogP contribution in [0, 0.1) is 0 Å². The Morgan fingerprint density at radius 3 is 3.06 bits per heavy atom. The number of nitrogens with zero attached hydrogens (tertiary/aromatic N) is 1. The Balaban J connectivity index is 0.000000640. The average Bonchev–Trinajstić information content (AvgIpc) is 2.57. The van der Waals surface area contributed by atoms with Crippen molar-refractivity contribution >= 4 is 24.8 Å². The van der Waals surface area contributed by atoms with E-state index in [0.29, 0.717) is 13.2 Å². The number of fused-ring (bicyclic) bond motifs is 2. The molecule has 1 aromatic heterocycles. The molecule has 1 aromatic rings. The van der Waals surface area contributed by atoms with Crippen LogP contribution in [0.3, 0.4) is 0 Å². The summed E-state index contributed by atoms with van der Waals surface area (Å²) in [6.45, 7) is 2.25. The maximum Gasteiger partial charge on any atom is 0.209 e. The summed E-state index contributed by atoms with van der Waals surface area (Å²) in [6.07, 6.45) is 3.74. The molecular weight excluding hydrogens is 251 g/mol. The molecule has 2 unspecified atom stereocenters. The monoisotopic (exact) mass is 264 g/mol. The van der Waals surface area contributed by atoms with Gasteiger partial charge in [-0.3, -0.25) is 4.98 Å². The smallest absolute Gasteiger partial charge is 0.209 e. The Bertz CT molecular complexity index is 335. The summed E-state index contributed by atoms with van der Waals surface area (Å²) in [5, 5.41) is 3.31. The van der Waals surface area contributed by atoms with Crippen molar-refractivity contribution in [3.05, 3.63) is 30.1 Å². The molecule has 0 amide bonds. The molecule has 3 rings (SSSR count). The fourth-order valence-electron chi connectivity index (χ4n) is 2.00. The lowest BCUT2D eigenvalue weighted by molar-refractivity contribution is -0.186. The third-order valence-corrected chi connectivity index (χ3v) is 2.69. The highest BCUT2D eigenvalue weighted by molar-refractivity contribution is 5.85. The van der Waals surface area contributed by atoms with Gasteiger partial charge in [-0.2, -0.15) is 0 Å².